The van der Waals surface area contributed by atoms with E-state index in [0.29, 0.717) is 30.0 Å². The number of carbonyl (C=O) groups excluding carboxylic acids is 1. The molecule has 198 valence electrons. The van der Waals surface area contributed by atoms with E-state index in [1.165, 1.54) is 42.5 Å². The van der Waals surface area contributed by atoms with Crippen LogP contribution in [0.25, 0.3) is 11.3 Å². The number of carbonyl (C=O) groups is 1. The number of hydrogen-bond acceptors (Lipinski definition) is 8. The van der Waals surface area contributed by atoms with Crippen LogP contribution in [0.1, 0.15) is 50.4 Å². The van der Waals surface area contributed by atoms with Gasteiger partial charge in [0.15, 0.2) is 5.03 Å². The molecule has 1 aromatic carbocycles. The number of anilines is 1. The van der Waals surface area contributed by atoms with Crippen LogP contribution in [0.2, 0.25) is 0 Å². The van der Waals surface area contributed by atoms with Gasteiger partial charge >= 0.3 is 0 Å². The molecule has 2 heterocycles. The molecule has 3 N–H and O–H groups in total. The van der Waals surface area contributed by atoms with Crippen molar-refractivity contribution in [1.82, 2.24) is 14.7 Å². The summed E-state index contributed by atoms with van der Waals surface area (Å²) in [6.07, 6.45) is 2.57. The van der Waals surface area contributed by atoms with E-state index < -0.39 is 26.8 Å². The summed E-state index contributed by atoms with van der Waals surface area (Å²) < 4.78 is 53.1. The molecular weight excluding hydrogens is 499 g/mol. The van der Waals surface area contributed by atoms with E-state index in [0.717, 1.165) is 12.8 Å². The molecule has 37 heavy (non-hydrogen) atoms. The number of rotatable bonds is 12. The van der Waals surface area contributed by atoms with Gasteiger partial charge in [-0.1, -0.05) is 39.7 Å². The molecular formula is C26H31FN4O5S. The molecule has 0 atom stereocenters. The maximum Gasteiger partial charge on any atom is 0.281 e. The largest absolute Gasteiger partial charge is 0.493 e. The SMILES string of the molecule is CCCCCOc1nc(-c2cc(F)cc(OCC(C)C)c2)ccc1C(=O)NS(=O)(=O)c1cccc(N)n1. The van der Waals surface area contributed by atoms with Gasteiger partial charge in [-0.3, -0.25) is 4.79 Å². The predicted octanol–water partition coefficient (Wildman–Crippen LogP) is 4.59. The fraction of sp³-hybridized carbons (Fsp3) is 0.346. The first-order valence-electron chi connectivity index (χ1n) is 12.0. The van der Waals surface area contributed by atoms with Gasteiger partial charge in [0.05, 0.1) is 18.9 Å². The van der Waals surface area contributed by atoms with E-state index in [2.05, 4.69) is 9.97 Å². The first-order chi connectivity index (χ1) is 17.6. The number of nitrogens with zero attached hydrogens (tertiary/aromatic N) is 2. The molecule has 3 aromatic rings. The van der Waals surface area contributed by atoms with Crippen LogP contribution >= 0.6 is 0 Å². The van der Waals surface area contributed by atoms with Crippen molar-refractivity contribution >= 4 is 21.7 Å². The van der Waals surface area contributed by atoms with Crippen LogP contribution in [0.3, 0.4) is 0 Å². The number of benzene rings is 1. The lowest BCUT2D eigenvalue weighted by Crippen LogP contribution is -2.31. The maximum atomic E-state index is 14.3. The number of hydrogen-bond donors (Lipinski definition) is 2. The van der Waals surface area contributed by atoms with E-state index in [4.69, 9.17) is 15.2 Å². The highest BCUT2D eigenvalue weighted by Crippen LogP contribution is 2.28. The molecule has 0 aliphatic carbocycles. The van der Waals surface area contributed by atoms with Crippen LogP contribution < -0.4 is 19.9 Å². The van der Waals surface area contributed by atoms with Gasteiger partial charge in [-0.15, -0.1) is 0 Å². The van der Waals surface area contributed by atoms with Gasteiger partial charge in [-0.2, -0.15) is 8.42 Å². The summed E-state index contributed by atoms with van der Waals surface area (Å²) in [6.45, 7) is 6.68. The number of nitrogens with two attached hydrogens (primary N) is 1. The molecule has 0 radical (unpaired) electrons. The van der Waals surface area contributed by atoms with Crippen molar-refractivity contribution in [2.45, 2.75) is 45.1 Å². The Morgan fingerprint density at radius 1 is 1.08 bits per heavy atom. The van der Waals surface area contributed by atoms with Crippen LogP contribution in [-0.4, -0.2) is 37.5 Å². The van der Waals surface area contributed by atoms with Crippen LogP contribution in [-0.2, 0) is 10.0 Å². The monoisotopic (exact) mass is 530 g/mol. The number of ether oxygens (including phenoxy) is 2. The third kappa shape index (κ3) is 7.88. The second-order valence-electron chi connectivity index (χ2n) is 8.82. The van der Waals surface area contributed by atoms with E-state index in [-0.39, 0.29) is 29.8 Å². The van der Waals surface area contributed by atoms with Gasteiger partial charge in [0, 0.05) is 11.6 Å². The molecule has 3 rings (SSSR count). The molecule has 0 saturated carbocycles. The fourth-order valence-corrected chi connectivity index (χ4v) is 4.21. The summed E-state index contributed by atoms with van der Waals surface area (Å²) in [5, 5.41) is -0.399. The summed E-state index contributed by atoms with van der Waals surface area (Å²) in [5.74, 6) is -0.938. The van der Waals surface area contributed by atoms with Crippen molar-refractivity contribution < 1.29 is 27.1 Å². The Morgan fingerprint density at radius 2 is 1.86 bits per heavy atom. The summed E-state index contributed by atoms with van der Waals surface area (Å²) in [7, 11) is -4.30. The second-order valence-corrected chi connectivity index (χ2v) is 10.4. The zero-order valence-corrected chi connectivity index (χ0v) is 21.8. The highest BCUT2D eigenvalue weighted by molar-refractivity contribution is 7.90. The van der Waals surface area contributed by atoms with Crippen molar-refractivity contribution in [2.75, 3.05) is 18.9 Å². The number of sulfonamides is 1. The van der Waals surface area contributed by atoms with Crippen molar-refractivity contribution in [2.24, 2.45) is 5.92 Å². The minimum atomic E-state index is -4.30. The molecule has 0 unspecified atom stereocenters. The standard InChI is InChI=1S/C26H31FN4O5S/c1-4-5-6-12-35-26-21(25(32)31-37(33,34)24-9-7-8-23(28)30-24)10-11-22(29-26)18-13-19(27)15-20(14-18)36-16-17(2)3/h7-11,13-15,17H,4-6,12,16H2,1-3H3,(H2,28,30)(H,31,32). The Bertz CT molecular complexity index is 1350. The zero-order valence-electron chi connectivity index (χ0n) is 21.0. The minimum Gasteiger partial charge on any atom is -0.493 e. The van der Waals surface area contributed by atoms with E-state index >= 15 is 0 Å². The quantitative estimate of drug-likeness (QED) is 0.325. The molecule has 2 aromatic heterocycles. The maximum absolute atomic E-state index is 14.3. The average Bonchev–Trinajstić information content (AvgIpc) is 2.84. The number of unbranched alkanes of at least 4 members (excludes halogenated alkanes) is 2. The average molecular weight is 531 g/mol. The number of nitrogen functional groups attached to an aromatic ring is 1. The van der Waals surface area contributed by atoms with Crippen molar-refractivity contribution in [3.8, 4) is 22.9 Å². The van der Waals surface area contributed by atoms with Crippen molar-refractivity contribution in [1.29, 1.82) is 0 Å². The highest BCUT2D eigenvalue weighted by atomic mass is 32.2. The smallest absolute Gasteiger partial charge is 0.281 e. The molecule has 1 amide bonds. The van der Waals surface area contributed by atoms with Gasteiger partial charge in [0.1, 0.15) is 22.9 Å². The fourth-order valence-electron chi connectivity index (χ4n) is 3.27. The lowest BCUT2D eigenvalue weighted by Gasteiger charge is -2.14. The third-order valence-electron chi connectivity index (χ3n) is 5.09. The lowest BCUT2D eigenvalue weighted by atomic mass is 10.1. The van der Waals surface area contributed by atoms with Gasteiger partial charge in [0.25, 0.3) is 15.9 Å². The van der Waals surface area contributed by atoms with Gasteiger partial charge in [-0.25, -0.2) is 19.1 Å². The molecule has 9 nitrogen and oxygen atoms in total. The summed E-state index contributed by atoms with van der Waals surface area (Å²) >= 11 is 0. The third-order valence-corrected chi connectivity index (χ3v) is 6.32. The minimum absolute atomic E-state index is 0.00636. The number of nitrogens with one attached hydrogen (secondary N) is 1. The molecule has 0 aliphatic heterocycles. The van der Waals surface area contributed by atoms with Crippen LogP contribution in [0.15, 0.2) is 53.6 Å². The molecule has 0 saturated heterocycles. The van der Waals surface area contributed by atoms with Gasteiger partial charge in [0.2, 0.25) is 5.88 Å². The summed E-state index contributed by atoms with van der Waals surface area (Å²) in [5.41, 5.74) is 6.22. The first-order valence-corrected chi connectivity index (χ1v) is 13.4. The molecule has 0 bridgehead atoms. The lowest BCUT2D eigenvalue weighted by molar-refractivity contribution is 0.0976. The van der Waals surface area contributed by atoms with Crippen LogP contribution in [0, 0.1) is 11.7 Å². The molecule has 0 aliphatic rings. The summed E-state index contributed by atoms with van der Waals surface area (Å²) in [4.78, 5) is 21.2. The number of halogens is 1. The second kappa shape index (κ2) is 12.5. The molecule has 0 spiro atoms. The first kappa shape index (κ1) is 27.9. The Balaban J connectivity index is 1.93. The topological polar surface area (TPSA) is 134 Å². The van der Waals surface area contributed by atoms with Gasteiger partial charge < -0.3 is 15.2 Å². The van der Waals surface area contributed by atoms with E-state index in [9.17, 15) is 17.6 Å². The van der Waals surface area contributed by atoms with Crippen molar-refractivity contribution in [3.63, 3.8) is 0 Å². The molecule has 11 heteroatoms. The summed E-state index contributed by atoms with van der Waals surface area (Å²) in [6, 6.07) is 11.2. The predicted molar refractivity (Wildman–Crippen MR) is 138 cm³/mol. The van der Waals surface area contributed by atoms with Gasteiger partial charge in [-0.05, 0) is 48.7 Å². The Labute approximate surface area is 216 Å². The molecule has 0 fully saturated rings. The zero-order chi connectivity index (χ0) is 27.0. The number of pyridine rings is 2. The van der Waals surface area contributed by atoms with E-state index in [1.807, 2.05) is 25.5 Å². The normalized spacial score (nSPS) is 11.4. The van der Waals surface area contributed by atoms with Crippen LogP contribution in [0.4, 0.5) is 10.2 Å². The van der Waals surface area contributed by atoms with E-state index in [1.54, 1.807) is 6.07 Å². The Morgan fingerprint density at radius 3 is 2.57 bits per heavy atom. The Kier molecular flexibility index (Phi) is 9.40. The number of amides is 1. The highest BCUT2D eigenvalue weighted by Gasteiger charge is 2.24. The number of aromatic nitrogens is 2. The Hall–Kier alpha value is -3.73. The van der Waals surface area contributed by atoms with Crippen LogP contribution in [0.5, 0.6) is 11.6 Å². The van der Waals surface area contributed by atoms with Crippen molar-refractivity contribution in [3.05, 3.63) is 59.9 Å².